The van der Waals surface area contributed by atoms with Gasteiger partial charge in [0.2, 0.25) is 5.28 Å². The molecule has 0 aromatic carbocycles. The summed E-state index contributed by atoms with van der Waals surface area (Å²) < 4.78 is 9.67. The Hall–Kier alpha value is -2.26. The maximum absolute atomic E-state index is 11.8. The van der Waals surface area contributed by atoms with E-state index in [1.54, 1.807) is 27.7 Å². The van der Waals surface area contributed by atoms with Crippen LogP contribution in [0.15, 0.2) is 5.28 Å². The summed E-state index contributed by atoms with van der Waals surface area (Å²) in [4.78, 5) is 27.4. The molecule has 3 atom stereocenters. The number of hydrogen-bond donors (Lipinski definition) is 1. The fourth-order valence-electron chi connectivity index (χ4n) is 1.70. The van der Waals surface area contributed by atoms with Gasteiger partial charge in [0.25, 0.3) is 6.29 Å². The molecule has 0 rings (SSSR count). The van der Waals surface area contributed by atoms with Crippen LogP contribution in [0.4, 0.5) is 4.79 Å². The number of carbonyl (C=O) groups excluding carboxylic acids is 1. The summed E-state index contributed by atoms with van der Waals surface area (Å²) in [6.07, 6.45) is -1.59. The molecule has 0 aliphatic rings. The topological polar surface area (TPSA) is 124 Å². The monoisotopic (exact) mass is 349 g/mol. The van der Waals surface area contributed by atoms with Gasteiger partial charge in [-0.3, -0.25) is 4.84 Å². The summed E-state index contributed by atoms with van der Waals surface area (Å²) in [5.41, 5.74) is -0.732. The Morgan fingerprint density at radius 3 is 2.29 bits per heavy atom. The minimum atomic E-state index is -1.18. The van der Waals surface area contributed by atoms with E-state index in [9.17, 15) is 19.9 Å². The highest BCUT2D eigenvalue weighted by Crippen LogP contribution is 2.14. The van der Waals surface area contributed by atoms with Crippen molar-refractivity contribution in [2.75, 3.05) is 7.05 Å². The van der Waals surface area contributed by atoms with Crippen LogP contribution in [0.5, 0.6) is 0 Å². The third-order valence-corrected chi connectivity index (χ3v) is 3.03. The van der Waals surface area contributed by atoms with Crippen molar-refractivity contribution >= 4 is 12.1 Å². The van der Waals surface area contributed by atoms with Gasteiger partial charge in [0.05, 0.1) is 12.0 Å². The van der Waals surface area contributed by atoms with Crippen LogP contribution >= 0.6 is 0 Å². The Morgan fingerprint density at radius 2 is 1.88 bits per heavy atom. The molecule has 10 nitrogen and oxygen atoms in total. The standard InChI is InChI=1S/C14H27N3O7/c1-8-9(2)11(12(18)19)16(7)17(21)15-24-10(3)22-13(20)23-14(4,5)6/h9-11H,8H2,1-7H3,(H,18,19)/t9-,10?,11+/m1/s1. The van der Waals surface area contributed by atoms with Gasteiger partial charge in [0.15, 0.2) is 6.04 Å². The van der Waals surface area contributed by atoms with Crippen molar-refractivity contribution in [3.05, 3.63) is 5.21 Å². The van der Waals surface area contributed by atoms with Crippen LogP contribution in [0.3, 0.4) is 0 Å². The normalized spacial score (nSPS) is 15.9. The average molecular weight is 349 g/mol. The highest BCUT2D eigenvalue weighted by molar-refractivity contribution is 5.73. The second kappa shape index (κ2) is 9.14. The van der Waals surface area contributed by atoms with Gasteiger partial charge in [-0.05, 0) is 26.7 Å². The number of carboxylic acid groups (broad SMARTS) is 1. The number of carbonyl (C=O) groups is 2. The molecule has 1 N–H and O–H groups in total. The van der Waals surface area contributed by atoms with Crippen LogP contribution < -0.4 is 0 Å². The van der Waals surface area contributed by atoms with E-state index in [4.69, 9.17) is 14.3 Å². The third kappa shape index (κ3) is 7.84. The molecule has 1 unspecified atom stereocenters. The summed E-state index contributed by atoms with van der Waals surface area (Å²) in [5.74, 6) is -1.43. The van der Waals surface area contributed by atoms with Crippen LogP contribution in [-0.2, 0) is 19.1 Å². The zero-order valence-corrected chi connectivity index (χ0v) is 15.2. The lowest BCUT2D eigenvalue weighted by molar-refractivity contribution is -0.713. The zero-order chi connectivity index (χ0) is 19.1. The minimum absolute atomic E-state index is 0.000101. The molecule has 0 aromatic heterocycles. The van der Waals surface area contributed by atoms with Crippen LogP contribution in [-0.4, -0.2) is 52.2 Å². The van der Waals surface area contributed by atoms with E-state index in [-0.39, 0.29) is 10.9 Å². The van der Waals surface area contributed by atoms with Crippen molar-refractivity contribution in [3.8, 4) is 0 Å². The Balaban J connectivity index is 4.72. The maximum atomic E-state index is 11.8. The minimum Gasteiger partial charge on any atom is -0.569 e. The summed E-state index contributed by atoms with van der Waals surface area (Å²) in [5, 5.41) is 25.2. The van der Waals surface area contributed by atoms with E-state index in [1.807, 2.05) is 6.92 Å². The van der Waals surface area contributed by atoms with E-state index >= 15 is 0 Å². The number of hydrogen-bond acceptors (Lipinski definition) is 7. The Morgan fingerprint density at radius 1 is 1.33 bits per heavy atom. The molecular weight excluding hydrogens is 322 g/mol. The molecule has 0 fully saturated rings. The molecule has 0 saturated heterocycles. The number of carboxylic acids is 1. The van der Waals surface area contributed by atoms with Crippen LogP contribution in [0.1, 0.15) is 48.0 Å². The van der Waals surface area contributed by atoms with Crippen molar-refractivity contribution in [2.24, 2.45) is 11.2 Å². The van der Waals surface area contributed by atoms with E-state index in [1.165, 1.54) is 14.0 Å². The van der Waals surface area contributed by atoms with Gasteiger partial charge in [-0.2, -0.15) is 0 Å². The first-order chi connectivity index (χ1) is 10.9. The Kier molecular flexibility index (Phi) is 8.28. The highest BCUT2D eigenvalue weighted by atomic mass is 16.8. The molecule has 0 aliphatic carbocycles. The average Bonchev–Trinajstić information content (AvgIpc) is 2.41. The molecular formula is C14H27N3O7. The molecule has 0 aromatic rings. The lowest BCUT2D eigenvalue weighted by atomic mass is 9.99. The molecule has 24 heavy (non-hydrogen) atoms. The smallest absolute Gasteiger partial charge is 0.511 e. The van der Waals surface area contributed by atoms with Crippen molar-refractivity contribution < 1.29 is 34.0 Å². The van der Waals surface area contributed by atoms with Crippen molar-refractivity contribution in [2.45, 2.75) is 65.9 Å². The summed E-state index contributed by atoms with van der Waals surface area (Å²) in [6, 6.07) is -1.07. The van der Waals surface area contributed by atoms with Gasteiger partial charge in [-0.15, -0.1) is 5.01 Å². The molecule has 0 spiro atoms. The maximum Gasteiger partial charge on any atom is 0.511 e. The lowest BCUT2D eigenvalue weighted by Crippen LogP contribution is -2.46. The lowest BCUT2D eigenvalue weighted by Gasteiger charge is -2.24. The number of likely N-dealkylation sites (N-methyl/N-ethyl adjacent to an activating group) is 1. The predicted octanol–water partition coefficient (Wildman–Crippen LogP) is 2.52. The van der Waals surface area contributed by atoms with Gasteiger partial charge in [-0.25, -0.2) is 9.59 Å². The van der Waals surface area contributed by atoms with Gasteiger partial charge in [-0.1, -0.05) is 20.3 Å². The van der Waals surface area contributed by atoms with E-state index in [0.717, 1.165) is 5.01 Å². The van der Waals surface area contributed by atoms with Gasteiger partial charge in [0, 0.05) is 6.92 Å². The summed E-state index contributed by atoms with van der Waals surface area (Å²) in [6.45, 7) is 9.86. The van der Waals surface area contributed by atoms with Crippen molar-refractivity contribution in [1.29, 1.82) is 0 Å². The molecule has 0 bridgehead atoms. The third-order valence-electron chi connectivity index (χ3n) is 3.03. The predicted molar refractivity (Wildman–Crippen MR) is 82.6 cm³/mol. The van der Waals surface area contributed by atoms with Gasteiger partial charge < -0.3 is 19.8 Å². The van der Waals surface area contributed by atoms with Crippen LogP contribution in [0.25, 0.3) is 0 Å². The van der Waals surface area contributed by atoms with Gasteiger partial charge in [0.1, 0.15) is 5.60 Å². The molecule has 0 amide bonds. The van der Waals surface area contributed by atoms with E-state index < -0.39 is 30.1 Å². The first-order valence-corrected chi connectivity index (χ1v) is 7.58. The highest BCUT2D eigenvalue weighted by Gasteiger charge is 2.33. The number of nitrogens with zero attached hydrogens (tertiary/aromatic N) is 3. The fourth-order valence-corrected chi connectivity index (χ4v) is 1.70. The molecule has 0 radical (unpaired) electrons. The first kappa shape index (κ1) is 21.7. The van der Waals surface area contributed by atoms with Crippen molar-refractivity contribution in [3.63, 3.8) is 0 Å². The largest absolute Gasteiger partial charge is 0.569 e. The second-order valence-corrected chi connectivity index (χ2v) is 6.33. The number of rotatable bonds is 8. The van der Waals surface area contributed by atoms with E-state index in [0.29, 0.717) is 6.42 Å². The molecule has 140 valence electrons. The first-order valence-electron chi connectivity index (χ1n) is 7.58. The number of aliphatic carboxylic acids is 1. The SMILES string of the molecule is CC[C@@H](C)[C@@H](C(=O)O)N(C)[N+]([O-])=NOC(C)OC(=O)OC(C)(C)C. The quantitative estimate of drug-likeness (QED) is 0.233. The van der Waals surface area contributed by atoms with Crippen LogP contribution in [0.2, 0.25) is 0 Å². The molecule has 0 saturated carbocycles. The van der Waals surface area contributed by atoms with Gasteiger partial charge >= 0.3 is 12.1 Å². The fraction of sp³-hybridized carbons (Fsp3) is 0.857. The Labute approximate surface area is 141 Å². The molecule has 10 heteroatoms. The summed E-state index contributed by atoms with van der Waals surface area (Å²) >= 11 is 0. The molecule has 0 aliphatic heterocycles. The zero-order valence-electron chi connectivity index (χ0n) is 15.2. The molecule has 0 heterocycles. The summed E-state index contributed by atoms with van der Waals surface area (Å²) in [7, 11) is 1.28. The number of hydrazine groups is 1. The van der Waals surface area contributed by atoms with Crippen LogP contribution in [0, 0.1) is 11.1 Å². The number of ether oxygens (including phenoxy) is 2. The van der Waals surface area contributed by atoms with E-state index in [2.05, 4.69) is 5.28 Å². The second-order valence-electron chi connectivity index (χ2n) is 6.33. The van der Waals surface area contributed by atoms with Crippen molar-refractivity contribution in [1.82, 2.24) is 5.01 Å². The Bertz CT molecular complexity index is 462.